The fourth-order valence-corrected chi connectivity index (χ4v) is 2.85. The van der Waals surface area contributed by atoms with Gasteiger partial charge in [0.2, 0.25) is 0 Å². The first-order valence-corrected chi connectivity index (χ1v) is 6.33. The molecule has 3 nitrogen and oxygen atoms in total. The molecule has 1 aromatic rings. The second kappa shape index (κ2) is 4.68. The number of nitriles is 1. The van der Waals surface area contributed by atoms with Crippen LogP contribution in [0.1, 0.15) is 30.4 Å². The highest BCUT2D eigenvalue weighted by Crippen LogP contribution is 2.34. The van der Waals surface area contributed by atoms with E-state index in [0.717, 1.165) is 19.3 Å². The van der Waals surface area contributed by atoms with Gasteiger partial charge in [-0.15, -0.1) is 0 Å². The Morgan fingerprint density at radius 2 is 2.33 bits per heavy atom. The minimum atomic E-state index is -0.314. The zero-order valence-corrected chi connectivity index (χ0v) is 10.0. The molecule has 0 amide bonds. The Hall–Kier alpha value is -1.44. The standard InChI is InChI=1S/C14H15FN2O/c15-12-5-9(7-16)1-2-10(12)8-17-13-6-11-3-4-14(13)18-11/h1-2,5,11,13-14,17H,3-4,6,8H2. The number of hydrogen-bond acceptors (Lipinski definition) is 3. The van der Waals surface area contributed by atoms with E-state index in [9.17, 15) is 4.39 Å². The van der Waals surface area contributed by atoms with E-state index in [1.165, 1.54) is 6.07 Å². The fourth-order valence-electron chi connectivity index (χ4n) is 2.85. The molecule has 0 spiro atoms. The van der Waals surface area contributed by atoms with Gasteiger partial charge in [-0.2, -0.15) is 5.26 Å². The molecular formula is C14H15FN2O. The highest BCUT2D eigenvalue weighted by molar-refractivity contribution is 5.32. The minimum Gasteiger partial charge on any atom is -0.373 e. The summed E-state index contributed by atoms with van der Waals surface area (Å²) >= 11 is 0. The number of fused-ring (bicyclic) bond motifs is 2. The Morgan fingerprint density at radius 1 is 1.44 bits per heavy atom. The molecule has 94 valence electrons. The van der Waals surface area contributed by atoms with E-state index in [0.29, 0.717) is 35.9 Å². The van der Waals surface area contributed by atoms with Crippen LogP contribution < -0.4 is 5.32 Å². The summed E-state index contributed by atoms with van der Waals surface area (Å²) in [7, 11) is 0. The lowest BCUT2D eigenvalue weighted by molar-refractivity contribution is 0.0972. The molecule has 1 aromatic carbocycles. The largest absolute Gasteiger partial charge is 0.373 e. The van der Waals surface area contributed by atoms with Crippen LogP contribution >= 0.6 is 0 Å². The number of nitrogens with one attached hydrogen (secondary N) is 1. The average molecular weight is 246 g/mol. The molecule has 2 saturated heterocycles. The first-order valence-electron chi connectivity index (χ1n) is 6.33. The summed E-state index contributed by atoms with van der Waals surface area (Å²) in [6.45, 7) is 0.495. The fraction of sp³-hybridized carbons (Fsp3) is 0.500. The van der Waals surface area contributed by atoms with Crippen LogP contribution in [-0.2, 0) is 11.3 Å². The van der Waals surface area contributed by atoms with Gasteiger partial charge < -0.3 is 10.1 Å². The molecule has 3 rings (SSSR count). The maximum atomic E-state index is 13.7. The molecule has 4 heteroatoms. The molecule has 1 N–H and O–H groups in total. The molecule has 2 bridgehead atoms. The summed E-state index contributed by atoms with van der Waals surface area (Å²) in [5.74, 6) is -0.314. The van der Waals surface area contributed by atoms with Crippen LogP contribution in [0.3, 0.4) is 0 Å². The van der Waals surface area contributed by atoms with Gasteiger partial charge in [-0.05, 0) is 31.4 Å². The van der Waals surface area contributed by atoms with Crippen LogP contribution in [-0.4, -0.2) is 18.2 Å². The summed E-state index contributed by atoms with van der Waals surface area (Å²) < 4.78 is 19.4. The Morgan fingerprint density at radius 3 is 2.94 bits per heavy atom. The van der Waals surface area contributed by atoms with Crippen molar-refractivity contribution in [2.75, 3.05) is 0 Å². The lowest BCUT2D eigenvalue weighted by Crippen LogP contribution is -2.37. The van der Waals surface area contributed by atoms with Crippen molar-refractivity contribution < 1.29 is 9.13 Å². The molecule has 3 unspecified atom stereocenters. The Kier molecular flexibility index (Phi) is 3.02. The van der Waals surface area contributed by atoms with Crippen molar-refractivity contribution in [1.82, 2.24) is 5.32 Å². The van der Waals surface area contributed by atoms with Crippen molar-refractivity contribution in [3.05, 3.63) is 35.1 Å². The number of benzene rings is 1. The van der Waals surface area contributed by atoms with Crippen molar-refractivity contribution in [2.45, 2.75) is 44.1 Å². The highest BCUT2D eigenvalue weighted by atomic mass is 19.1. The molecule has 2 heterocycles. The van der Waals surface area contributed by atoms with E-state index < -0.39 is 0 Å². The quantitative estimate of drug-likeness (QED) is 0.888. The second-order valence-electron chi connectivity index (χ2n) is 5.01. The molecule has 3 atom stereocenters. The highest BCUT2D eigenvalue weighted by Gasteiger charge is 2.40. The van der Waals surface area contributed by atoms with E-state index in [4.69, 9.17) is 10.00 Å². The zero-order valence-electron chi connectivity index (χ0n) is 10.0. The number of nitrogens with zero attached hydrogens (tertiary/aromatic N) is 1. The van der Waals surface area contributed by atoms with E-state index in [-0.39, 0.29) is 5.82 Å². The lowest BCUT2D eigenvalue weighted by atomic mass is 9.95. The maximum Gasteiger partial charge on any atom is 0.129 e. The maximum absolute atomic E-state index is 13.7. The summed E-state index contributed by atoms with van der Waals surface area (Å²) in [6.07, 6.45) is 4.00. The first kappa shape index (κ1) is 11.6. The van der Waals surface area contributed by atoms with E-state index >= 15 is 0 Å². The van der Waals surface area contributed by atoms with Crippen molar-refractivity contribution in [1.29, 1.82) is 5.26 Å². The third-order valence-electron chi connectivity index (χ3n) is 3.84. The number of hydrogen-bond donors (Lipinski definition) is 1. The summed E-state index contributed by atoms with van der Waals surface area (Å²) in [5, 5.41) is 12.0. The van der Waals surface area contributed by atoms with E-state index in [2.05, 4.69) is 5.32 Å². The average Bonchev–Trinajstić information content (AvgIpc) is 2.99. The molecule has 0 aliphatic carbocycles. The van der Waals surface area contributed by atoms with Crippen molar-refractivity contribution in [3.8, 4) is 6.07 Å². The zero-order chi connectivity index (χ0) is 12.5. The first-order chi connectivity index (χ1) is 8.76. The van der Waals surface area contributed by atoms with Gasteiger partial charge in [-0.1, -0.05) is 6.07 Å². The third kappa shape index (κ3) is 2.12. The molecule has 18 heavy (non-hydrogen) atoms. The number of rotatable bonds is 3. The van der Waals surface area contributed by atoms with Crippen LogP contribution in [0.2, 0.25) is 0 Å². The Balaban J connectivity index is 1.62. The summed E-state index contributed by atoms with van der Waals surface area (Å²) in [5.41, 5.74) is 0.969. The van der Waals surface area contributed by atoms with Crippen LogP contribution in [0, 0.1) is 17.1 Å². The smallest absolute Gasteiger partial charge is 0.129 e. The van der Waals surface area contributed by atoms with Crippen LogP contribution in [0.25, 0.3) is 0 Å². The lowest BCUT2D eigenvalue weighted by Gasteiger charge is -2.20. The van der Waals surface area contributed by atoms with Gasteiger partial charge in [0.05, 0.1) is 23.8 Å². The monoisotopic (exact) mass is 246 g/mol. The molecule has 2 aliphatic heterocycles. The van der Waals surface area contributed by atoms with Gasteiger partial charge in [0.15, 0.2) is 0 Å². The minimum absolute atomic E-state index is 0.302. The molecule has 0 aromatic heterocycles. The molecule has 0 radical (unpaired) electrons. The molecule has 2 aliphatic rings. The van der Waals surface area contributed by atoms with Gasteiger partial charge in [0.25, 0.3) is 0 Å². The topological polar surface area (TPSA) is 45.0 Å². The van der Waals surface area contributed by atoms with Crippen molar-refractivity contribution in [2.24, 2.45) is 0 Å². The Labute approximate surface area is 106 Å². The predicted octanol–water partition coefficient (Wildman–Crippen LogP) is 2.11. The van der Waals surface area contributed by atoms with Gasteiger partial charge in [-0.3, -0.25) is 0 Å². The predicted molar refractivity (Wildman–Crippen MR) is 64.3 cm³/mol. The van der Waals surface area contributed by atoms with E-state index in [1.807, 2.05) is 6.07 Å². The van der Waals surface area contributed by atoms with Gasteiger partial charge in [0.1, 0.15) is 5.82 Å². The summed E-state index contributed by atoms with van der Waals surface area (Å²) in [4.78, 5) is 0. The molecule has 0 saturated carbocycles. The number of halogens is 1. The normalized spacial score (nSPS) is 29.4. The third-order valence-corrected chi connectivity index (χ3v) is 3.84. The van der Waals surface area contributed by atoms with Crippen LogP contribution in [0.4, 0.5) is 4.39 Å². The number of ether oxygens (including phenoxy) is 1. The summed E-state index contributed by atoms with van der Waals surface area (Å²) in [6, 6.07) is 6.89. The SMILES string of the molecule is N#Cc1ccc(CNC2CC3CCC2O3)c(F)c1. The van der Waals surface area contributed by atoms with Crippen molar-refractivity contribution in [3.63, 3.8) is 0 Å². The van der Waals surface area contributed by atoms with Crippen molar-refractivity contribution >= 4 is 0 Å². The Bertz CT molecular complexity index is 497. The molecule has 2 fully saturated rings. The molecular weight excluding hydrogens is 231 g/mol. The van der Waals surface area contributed by atoms with Gasteiger partial charge in [0, 0.05) is 18.2 Å². The second-order valence-corrected chi connectivity index (χ2v) is 5.01. The van der Waals surface area contributed by atoms with E-state index in [1.54, 1.807) is 12.1 Å². The van der Waals surface area contributed by atoms with Crippen LogP contribution in [0.15, 0.2) is 18.2 Å². The van der Waals surface area contributed by atoms with Crippen LogP contribution in [0.5, 0.6) is 0 Å². The van der Waals surface area contributed by atoms with Gasteiger partial charge >= 0.3 is 0 Å². The van der Waals surface area contributed by atoms with Gasteiger partial charge in [-0.25, -0.2) is 4.39 Å².